The first kappa shape index (κ1) is 12.8. The Hall–Kier alpha value is -0.180. The number of nitrogens with one attached hydrogen (secondary N) is 1. The first-order valence-corrected chi connectivity index (χ1v) is 6.21. The molecular weight excluding hydrogens is 182 g/mol. The lowest BCUT2D eigenvalue weighted by molar-refractivity contribution is -0.121. The number of carbonyl (C=O) groups excluding carboxylic acids is 1. The summed E-state index contributed by atoms with van der Waals surface area (Å²) in [7, 11) is 0. The Kier molecular flexibility index (Phi) is 7.14. The summed E-state index contributed by atoms with van der Waals surface area (Å²) in [5.74, 6) is 2.33. The summed E-state index contributed by atoms with van der Waals surface area (Å²) in [6, 6.07) is 0. The van der Waals surface area contributed by atoms with Crippen molar-refractivity contribution in [1.82, 2.24) is 5.32 Å². The van der Waals surface area contributed by atoms with E-state index >= 15 is 0 Å². The molecule has 0 saturated carbocycles. The molecule has 13 heavy (non-hydrogen) atoms. The van der Waals surface area contributed by atoms with E-state index in [2.05, 4.69) is 32.3 Å². The minimum Gasteiger partial charge on any atom is -0.356 e. The molecule has 0 radical (unpaired) electrons. The van der Waals surface area contributed by atoms with Crippen LogP contribution in [-0.4, -0.2) is 24.5 Å². The van der Waals surface area contributed by atoms with Crippen molar-refractivity contribution < 1.29 is 4.79 Å². The molecule has 0 aromatic rings. The number of amides is 1. The minimum atomic E-state index is 0.183. The average molecular weight is 203 g/mol. The molecule has 0 fully saturated rings. The van der Waals surface area contributed by atoms with Crippen molar-refractivity contribution >= 4 is 17.7 Å². The van der Waals surface area contributed by atoms with Gasteiger partial charge in [-0.05, 0) is 23.8 Å². The zero-order valence-corrected chi connectivity index (χ0v) is 9.91. The van der Waals surface area contributed by atoms with E-state index in [9.17, 15) is 4.79 Å². The summed E-state index contributed by atoms with van der Waals surface area (Å²) < 4.78 is 0. The molecule has 3 heteroatoms. The number of rotatable bonds is 6. The summed E-state index contributed by atoms with van der Waals surface area (Å²) in [5.41, 5.74) is 0. The summed E-state index contributed by atoms with van der Waals surface area (Å²) in [6.45, 7) is 7.09. The van der Waals surface area contributed by atoms with Crippen LogP contribution in [0.1, 0.15) is 27.2 Å². The van der Waals surface area contributed by atoms with Crippen molar-refractivity contribution in [1.29, 1.82) is 0 Å². The van der Waals surface area contributed by atoms with Crippen LogP contribution in [0.3, 0.4) is 0 Å². The lowest BCUT2D eigenvalue weighted by Gasteiger charge is -2.11. The largest absolute Gasteiger partial charge is 0.356 e. The van der Waals surface area contributed by atoms with Gasteiger partial charge in [0.1, 0.15) is 0 Å². The maximum atomic E-state index is 11.2. The maximum Gasteiger partial charge on any atom is 0.220 e. The summed E-state index contributed by atoms with van der Waals surface area (Å²) in [4.78, 5) is 11.2. The molecule has 0 aliphatic carbocycles. The second kappa shape index (κ2) is 7.25. The molecule has 1 atom stereocenters. The van der Waals surface area contributed by atoms with Gasteiger partial charge < -0.3 is 5.32 Å². The van der Waals surface area contributed by atoms with Crippen molar-refractivity contribution in [2.75, 3.05) is 18.6 Å². The molecule has 0 aromatic carbocycles. The molecule has 1 unspecified atom stereocenters. The molecule has 1 amide bonds. The highest BCUT2D eigenvalue weighted by Gasteiger charge is 2.06. The van der Waals surface area contributed by atoms with Crippen LogP contribution < -0.4 is 5.32 Å². The van der Waals surface area contributed by atoms with Gasteiger partial charge in [-0.2, -0.15) is 11.8 Å². The smallest absolute Gasteiger partial charge is 0.220 e. The average Bonchev–Trinajstić information content (AvgIpc) is 2.00. The Bertz CT molecular complexity index is 148. The highest BCUT2D eigenvalue weighted by atomic mass is 32.2. The predicted octanol–water partition coefficient (Wildman–Crippen LogP) is 2.15. The predicted molar refractivity (Wildman–Crippen MR) is 60.0 cm³/mol. The van der Waals surface area contributed by atoms with Crippen molar-refractivity contribution in [2.24, 2.45) is 11.8 Å². The third-order valence-electron chi connectivity index (χ3n) is 1.69. The number of thioether (sulfide) groups is 1. The van der Waals surface area contributed by atoms with E-state index < -0.39 is 0 Å². The van der Waals surface area contributed by atoms with Gasteiger partial charge in [-0.1, -0.05) is 20.8 Å². The zero-order valence-electron chi connectivity index (χ0n) is 9.09. The summed E-state index contributed by atoms with van der Waals surface area (Å²) in [6.07, 6.45) is 2.73. The van der Waals surface area contributed by atoms with Gasteiger partial charge in [0.2, 0.25) is 5.91 Å². The van der Waals surface area contributed by atoms with Crippen molar-refractivity contribution in [3.63, 3.8) is 0 Å². The van der Waals surface area contributed by atoms with Gasteiger partial charge in [0.05, 0.1) is 0 Å². The van der Waals surface area contributed by atoms with Crippen molar-refractivity contribution in [3.8, 4) is 0 Å². The van der Waals surface area contributed by atoms with Crippen LogP contribution in [0.25, 0.3) is 0 Å². The normalized spacial score (nSPS) is 13.0. The SMILES string of the molecule is CSCC(C)CNC(=O)CC(C)C. The maximum absolute atomic E-state index is 11.2. The molecule has 78 valence electrons. The van der Waals surface area contributed by atoms with Crippen LogP contribution in [0.5, 0.6) is 0 Å². The number of hydrogen-bond acceptors (Lipinski definition) is 2. The lowest BCUT2D eigenvalue weighted by atomic mass is 10.1. The highest BCUT2D eigenvalue weighted by Crippen LogP contribution is 2.03. The molecule has 0 heterocycles. The van der Waals surface area contributed by atoms with Gasteiger partial charge in [-0.25, -0.2) is 0 Å². The lowest BCUT2D eigenvalue weighted by Crippen LogP contribution is -2.29. The van der Waals surface area contributed by atoms with Crippen LogP contribution in [-0.2, 0) is 4.79 Å². The molecular formula is C10H21NOS. The Balaban J connectivity index is 3.46. The van der Waals surface area contributed by atoms with E-state index in [-0.39, 0.29) is 5.91 Å². The van der Waals surface area contributed by atoms with Crippen LogP contribution in [0, 0.1) is 11.8 Å². The van der Waals surface area contributed by atoms with Crippen molar-refractivity contribution in [3.05, 3.63) is 0 Å². The van der Waals surface area contributed by atoms with Crippen LogP contribution in [0.4, 0.5) is 0 Å². The first-order valence-electron chi connectivity index (χ1n) is 4.81. The van der Waals surface area contributed by atoms with Crippen molar-refractivity contribution in [2.45, 2.75) is 27.2 Å². The van der Waals surface area contributed by atoms with Crippen LogP contribution >= 0.6 is 11.8 Å². The number of carbonyl (C=O) groups is 1. The molecule has 2 nitrogen and oxygen atoms in total. The molecule has 0 saturated heterocycles. The Morgan fingerprint density at radius 3 is 2.46 bits per heavy atom. The summed E-state index contributed by atoms with van der Waals surface area (Å²) >= 11 is 1.82. The standard InChI is InChI=1S/C10H21NOS/c1-8(2)5-10(12)11-6-9(3)7-13-4/h8-9H,5-7H2,1-4H3,(H,11,12). The van der Waals surface area contributed by atoms with E-state index in [0.717, 1.165) is 12.3 Å². The van der Waals surface area contributed by atoms with E-state index in [0.29, 0.717) is 18.3 Å². The molecule has 0 aliphatic rings. The van der Waals surface area contributed by atoms with Crippen LogP contribution in [0.2, 0.25) is 0 Å². The monoisotopic (exact) mass is 203 g/mol. The van der Waals surface area contributed by atoms with Gasteiger partial charge in [-0.15, -0.1) is 0 Å². The Morgan fingerprint density at radius 2 is 2.00 bits per heavy atom. The minimum absolute atomic E-state index is 0.183. The fourth-order valence-corrected chi connectivity index (χ4v) is 1.76. The van der Waals surface area contributed by atoms with Gasteiger partial charge >= 0.3 is 0 Å². The Morgan fingerprint density at radius 1 is 1.38 bits per heavy atom. The van der Waals surface area contributed by atoms with E-state index in [4.69, 9.17) is 0 Å². The Labute approximate surface area is 85.9 Å². The fraction of sp³-hybridized carbons (Fsp3) is 0.900. The van der Waals surface area contributed by atoms with Gasteiger partial charge in [-0.3, -0.25) is 4.79 Å². The van der Waals surface area contributed by atoms with Crippen LogP contribution in [0.15, 0.2) is 0 Å². The topological polar surface area (TPSA) is 29.1 Å². The van der Waals surface area contributed by atoms with Gasteiger partial charge in [0, 0.05) is 13.0 Å². The number of hydrogen-bond donors (Lipinski definition) is 1. The summed E-state index contributed by atoms with van der Waals surface area (Å²) in [5, 5.41) is 2.95. The molecule has 0 rings (SSSR count). The van der Waals surface area contributed by atoms with E-state index in [1.54, 1.807) is 0 Å². The fourth-order valence-electron chi connectivity index (χ4n) is 1.07. The molecule has 0 bridgehead atoms. The molecule has 0 aliphatic heterocycles. The zero-order chi connectivity index (χ0) is 10.3. The van der Waals surface area contributed by atoms with Gasteiger partial charge in [0.25, 0.3) is 0 Å². The third-order valence-corrected chi connectivity index (χ3v) is 2.59. The third kappa shape index (κ3) is 8.16. The quantitative estimate of drug-likeness (QED) is 0.716. The second-order valence-electron chi connectivity index (χ2n) is 3.96. The van der Waals surface area contributed by atoms with E-state index in [1.807, 2.05) is 11.8 Å². The van der Waals surface area contributed by atoms with E-state index in [1.165, 1.54) is 0 Å². The molecule has 1 N–H and O–H groups in total. The second-order valence-corrected chi connectivity index (χ2v) is 4.87. The highest BCUT2D eigenvalue weighted by molar-refractivity contribution is 7.98. The molecule has 0 spiro atoms. The first-order chi connectivity index (χ1) is 6.06. The van der Waals surface area contributed by atoms with Gasteiger partial charge in [0.15, 0.2) is 0 Å². The molecule has 0 aromatic heterocycles.